The van der Waals surface area contributed by atoms with Crippen LogP contribution < -0.4 is 14.8 Å². The van der Waals surface area contributed by atoms with Crippen LogP contribution in [0.2, 0.25) is 5.02 Å². The lowest BCUT2D eigenvalue weighted by molar-refractivity contribution is 0.290. The van der Waals surface area contributed by atoms with E-state index in [1.165, 1.54) is 6.07 Å². The Bertz CT molecular complexity index is 664. The molecule has 0 heterocycles. The van der Waals surface area contributed by atoms with Crippen LogP contribution in [-0.2, 0) is 13.0 Å². The van der Waals surface area contributed by atoms with E-state index in [1.807, 2.05) is 12.1 Å². The molecule has 0 unspecified atom stereocenters. The molecule has 0 radical (unpaired) electrons. The van der Waals surface area contributed by atoms with E-state index in [4.69, 9.17) is 21.1 Å². The lowest BCUT2D eigenvalue weighted by atomic mass is 10.1. The standard InChI is InChI=1S/C19H23ClFNO2/c1-3-10-24-19-15(11-16(20)12-18(19)23-2)13-22-9-8-14-6-4-5-7-17(14)21/h4-7,11-12,22H,3,8-10,13H2,1-2H3. The molecule has 0 fully saturated rings. The van der Waals surface area contributed by atoms with Gasteiger partial charge >= 0.3 is 0 Å². The average molecular weight is 352 g/mol. The molecule has 2 aromatic carbocycles. The molecule has 0 aromatic heterocycles. The smallest absolute Gasteiger partial charge is 0.165 e. The highest BCUT2D eigenvalue weighted by Gasteiger charge is 2.12. The van der Waals surface area contributed by atoms with Gasteiger partial charge in [0, 0.05) is 23.2 Å². The third kappa shape index (κ3) is 5.11. The maximum Gasteiger partial charge on any atom is 0.165 e. The van der Waals surface area contributed by atoms with Gasteiger partial charge in [-0.3, -0.25) is 0 Å². The normalized spacial score (nSPS) is 10.7. The van der Waals surface area contributed by atoms with Gasteiger partial charge in [-0.15, -0.1) is 0 Å². The maximum absolute atomic E-state index is 13.6. The third-order valence-electron chi connectivity index (χ3n) is 3.61. The number of hydrogen-bond acceptors (Lipinski definition) is 3. The average Bonchev–Trinajstić information content (AvgIpc) is 2.58. The number of ether oxygens (including phenoxy) is 2. The second-order valence-corrected chi connectivity index (χ2v) is 5.90. The molecule has 0 amide bonds. The topological polar surface area (TPSA) is 30.5 Å². The fourth-order valence-electron chi connectivity index (χ4n) is 2.42. The zero-order valence-corrected chi connectivity index (χ0v) is 14.8. The quantitative estimate of drug-likeness (QED) is 0.669. The van der Waals surface area contributed by atoms with E-state index in [-0.39, 0.29) is 5.82 Å². The van der Waals surface area contributed by atoms with Crippen molar-refractivity contribution in [1.82, 2.24) is 5.32 Å². The Morgan fingerprint density at radius 2 is 1.96 bits per heavy atom. The predicted molar refractivity (Wildman–Crippen MR) is 95.6 cm³/mol. The summed E-state index contributed by atoms with van der Waals surface area (Å²) in [5.74, 6) is 1.17. The molecule has 3 nitrogen and oxygen atoms in total. The fourth-order valence-corrected chi connectivity index (χ4v) is 2.65. The minimum absolute atomic E-state index is 0.171. The maximum atomic E-state index is 13.6. The highest BCUT2D eigenvalue weighted by Crippen LogP contribution is 2.34. The Morgan fingerprint density at radius 1 is 1.17 bits per heavy atom. The van der Waals surface area contributed by atoms with Crippen LogP contribution in [0.4, 0.5) is 4.39 Å². The Hall–Kier alpha value is -1.78. The first-order valence-electron chi connectivity index (χ1n) is 8.09. The Morgan fingerprint density at radius 3 is 2.67 bits per heavy atom. The van der Waals surface area contributed by atoms with Gasteiger partial charge in [-0.25, -0.2) is 4.39 Å². The van der Waals surface area contributed by atoms with E-state index >= 15 is 0 Å². The third-order valence-corrected chi connectivity index (χ3v) is 3.83. The molecule has 0 atom stereocenters. The molecule has 0 saturated carbocycles. The molecule has 1 N–H and O–H groups in total. The van der Waals surface area contributed by atoms with Crippen molar-refractivity contribution in [3.8, 4) is 11.5 Å². The summed E-state index contributed by atoms with van der Waals surface area (Å²) in [4.78, 5) is 0. The largest absolute Gasteiger partial charge is 0.493 e. The highest BCUT2D eigenvalue weighted by molar-refractivity contribution is 6.30. The van der Waals surface area contributed by atoms with Crippen LogP contribution in [0.15, 0.2) is 36.4 Å². The molecule has 0 aliphatic heterocycles. The van der Waals surface area contributed by atoms with E-state index in [0.29, 0.717) is 48.2 Å². The number of benzene rings is 2. The molecule has 2 rings (SSSR count). The number of halogens is 2. The van der Waals surface area contributed by atoms with E-state index in [9.17, 15) is 4.39 Å². The lowest BCUT2D eigenvalue weighted by Gasteiger charge is -2.16. The summed E-state index contributed by atoms with van der Waals surface area (Å²) < 4.78 is 24.8. The van der Waals surface area contributed by atoms with Crippen LogP contribution in [0.25, 0.3) is 0 Å². The minimum Gasteiger partial charge on any atom is -0.493 e. The van der Waals surface area contributed by atoms with Crippen molar-refractivity contribution >= 4 is 11.6 Å². The zero-order chi connectivity index (χ0) is 17.4. The lowest BCUT2D eigenvalue weighted by Crippen LogP contribution is -2.18. The Kier molecular flexibility index (Phi) is 7.35. The van der Waals surface area contributed by atoms with Crippen LogP contribution in [0.5, 0.6) is 11.5 Å². The van der Waals surface area contributed by atoms with Crippen molar-refractivity contribution in [2.75, 3.05) is 20.3 Å². The monoisotopic (exact) mass is 351 g/mol. The molecule has 24 heavy (non-hydrogen) atoms. The summed E-state index contributed by atoms with van der Waals surface area (Å²) in [7, 11) is 1.60. The van der Waals surface area contributed by atoms with Gasteiger partial charge in [-0.05, 0) is 37.1 Å². The summed E-state index contributed by atoms with van der Waals surface area (Å²) in [5, 5.41) is 3.91. The first-order chi connectivity index (χ1) is 11.7. The van der Waals surface area contributed by atoms with Crippen LogP contribution in [0.3, 0.4) is 0 Å². The Balaban J connectivity index is 2.00. The molecule has 5 heteroatoms. The van der Waals surface area contributed by atoms with Crippen LogP contribution in [0.1, 0.15) is 24.5 Å². The van der Waals surface area contributed by atoms with Gasteiger partial charge in [0.2, 0.25) is 0 Å². The summed E-state index contributed by atoms with van der Waals surface area (Å²) in [6.07, 6.45) is 1.53. The van der Waals surface area contributed by atoms with Crippen LogP contribution in [-0.4, -0.2) is 20.3 Å². The van der Waals surface area contributed by atoms with Gasteiger partial charge in [0.1, 0.15) is 5.82 Å². The summed E-state index contributed by atoms with van der Waals surface area (Å²) in [6, 6.07) is 10.4. The molecule has 0 bridgehead atoms. The molecular formula is C19H23ClFNO2. The summed E-state index contributed by atoms with van der Waals surface area (Å²) >= 11 is 6.15. The van der Waals surface area contributed by atoms with E-state index in [2.05, 4.69) is 12.2 Å². The van der Waals surface area contributed by atoms with Crippen molar-refractivity contribution in [3.05, 3.63) is 58.4 Å². The SMILES string of the molecule is CCCOc1c(CNCCc2ccccc2F)cc(Cl)cc1OC. The zero-order valence-electron chi connectivity index (χ0n) is 14.1. The van der Waals surface area contributed by atoms with Crippen LogP contribution >= 0.6 is 11.6 Å². The second-order valence-electron chi connectivity index (χ2n) is 5.46. The van der Waals surface area contributed by atoms with E-state index < -0.39 is 0 Å². The van der Waals surface area contributed by atoms with Gasteiger partial charge < -0.3 is 14.8 Å². The first-order valence-corrected chi connectivity index (χ1v) is 8.46. The van der Waals surface area contributed by atoms with Crippen molar-refractivity contribution in [2.24, 2.45) is 0 Å². The molecule has 0 spiro atoms. The highest BCUT2D eigenvalue weighted by atomic mass is 35.5. The van der Waals surface area contributed by atoms with E-state index in [0.717, 1.165) is 12.0 Å². The summed E-state index contributed by atoms with van der Waals surface area (Å²) in [6.45, 7) is 3.89. The molecule has 130 valence electrons. The van der Waals surface area contributed by atoms with Gasteiger partial charge in [-0.1, -0.05) is 36.7 Å². The summed E-state index contributed by atoms with van der Waals surface area (Å²) in [5.41, 5.74) is 1.64. The van der Waals surface area contributed by atoms with Gasteiger partial charge in [0.15, 0.2) is 11.5 Å². The van der Waals surface area contributed by atoms with Crippen molar-refractivity contribution < 1.29 is 13.9 Å². The predicted octanol–water partition coefficient (Wildman–Crippen LogP) is 4.61. The fraction of sp³-hybridized carbons (Fsp3) is 0.368. The first kappa shape index (κ1) is 18.6. The number of hydrogen-bond donors (Lipinski definition) is 1. The van der Waals surface area contributed by atoms with Crippen molar-refractivity contribution in [3.63, 3.8) is 0 Å². The minimum atomic E-state index is -0.171. The molecule has 0 aliphatic carbocycles. The Labute approximate surface area is 147 Å². The van der Waals surface area contributed by atoms with Crippen molar-refractivity contribution in [2.45, 2.75) is 26.3 Å². The van der Waals surface area contributed by atoms with Gasteiger partial charge in [0.25, 0.3) is 0 Å². The van der Waals surface area contributed by atoms with Gasteiger partial charge in [-0.2, -0.15) is 0 Å². The number of rotatable bonds is 9. The number of nitrogens with one attached hydrogen (secondary N) is 1. The molecular weight excluding hydrogens is 329 g/mol. The second kappa shape index (κ2) is 9.50. The van der Waals surface area contributed by atoms with Gasteiger partial charge in [0.05, 0.1) is 13.7 Å². The molecule has 0 saturated heterocycles. The number of methoxy groups -OCH3 is 1. The van der Waals surface area contributed by atoms with E-state index in [1.54, 1.807) is 25.3 Å². The van der Waals surface area contributed by atoms with Crippen LogP contribution in [0, 0.1) is 5.82 Å². The van der Waals surface area contributed by atoms with Crippen molar-refractivity contribution in [1.29, 1.82) is 0 Å². The molecule has 2 aromatic rings. The molecule has 0 aliphatic rings.